The van der Waals surface area contributed by atoms with Gasteiger partial charge >= 0.3 is 0 Å². The fraction of sp³-hybridized carbons (Fsp3) is 0.343. The first-order valence-corrected chi connectivity index (χ1v) is 49.9. The molecule has 0 saturated carbocycles. The highest BCUT2D eigenvalue weighted by Gasteiger charge is 2.19. The van der Waals surface area contributed by atoms with Crippen molar-refractivity contribution in [3.05, 3.63) is 239 Å². The van der Waals surface area contributed by atoms with Gasteiger partial charge in [-0.25, -0.2) is 74.8 Å². The molecule has 3 aliphatic rings. The number of aryl methyl sites for hydroxylation is 10. The van der Waals surface area contributed by atoms with Crippen molar-refractivity contribution in [2.75, 3.05) is 184 Å². The second-order valence-corrected chi connectivity index (χ2v) is 38.5. The number of piperidine rings is 1. The lowest BCUT2D eigenvalue weighted by atomic mass is 10.1. The van der Waals surface area contributed by atoms with Crippen molar-refractivity contribution in [1.82, 2.24) is 94.8 Å². The number of aliphatic hydroxyl groups excluding tert-OH is 2. The normalized spacial score (nSPS) is 13.2. The zero-order valence-electron chi connectivity index (χ0n) is 78.7. The molecule has 3 saturated heterocycles. The average molecular weight is 1930 g/mol. The molecule has 3 fully saturated rings. The number of aliphatic hydroxyl groups is 2. The van der Waals surface area contributed by atoms with Crippen molar-refractivity contribution in [2.45, 2.75) is 94.9 Å². The molecule has 136 heavy (non-hydrogen) atoms. The molecular formula is C99H121N29O3S5. The van der Waals surface area contributed by atoms with E-state index in [1.165, 1.54) is 111 Å². The summed E-state index contributed by atoms with van der Waals surface area (Å²) in [6.07, 6.45) is 22.7. The molecule has 0 atom stereocenters. The predicted octanol–water partition coefficient (Wildman–Crippen LogP) is 19.0. The number of piperazine rings is 1. The number of anilines is 15. The van der Waals surface area contributed by atoms with Gasteiger partial charge in [0.05, 0.1) is 50.8 Å². The molecule has 5 aromatic carbocycles. The topological polar surface area (TPSA) is 385 Å². The molecule has 0 unspecified atom stereocenters. The number of rotatable bonds is 34. The van der Waals surface area contributed by atoms with Gasteiger partial charge in [-0.3, -0.25) is 9.80 Å². The third-order valence-corrected chi connectivity index (χ3v) is 26.2. The monoisotopic (exact) mass is 1920 g/mol. The third kappa shape index (κ3) is 32.3. The first-order chi connectivity index (χ1) is 66.2. The Labute approximate surface area is 815 Å². The molecule has 13 N–H and O–H groups in total. The van der Waals surface area contributed by atoms with Gasteiger partial charge < -0.3 is 78.3 Å². The van der Waals surface area contributed by atoms with Crippen LogP contribution in [0.3, 0.4) is 0 Å². The van der Waals surface area contributed by atoms with E-state index in [-0.39, 0.29) is 13.2 Å². The van der Waals surface area contributed by atoms with Crippen molar-refractivity contribution < 1.29 is 14.9 Å². The Hall–Kier alpha value is -12.6. The minimum atomic E-state index is 0.0880. The van der Waals surface area contributed by atoms with Crippen molar-refractivity contribution >= 4 is 140 Å². The van der Waals surface area contributed by atoms with E-state index in [1.807, 2.05) is 48.9 Å². The number of likely N-dealkylation sites (tertiary alicyclic amines) is 1. The first-order valence-electron chi connectivity index (χ1n) is 45.8. The largest absolute Gasteiger partial charge is 0.396 e. The highest BCUT2D eigenvalue weighted by atomic mass is 32.1. The Morgan fingerprint density at radius 3 is 0.809 bits per heavy atom. The Morgan fingerprint density at radius 1 is 0.294 bits per heavy atom. The SMILES string of the molecule is Cc1cc(C)cc(Nc2nccc(-c3ncc(NCCCO)s3)n2)c1.Cc1cc(C)cc(Nc2nccc(-c3ncc(NCCN4CCCCC4)s3)n2)c1.Cc1cc(C)cc(Nc2nccc(-c3ncc(NCCN4CCNCC4)s3)n2)c1.Cc1cc(C)cc(Nc2nccc(-c3ncc(NCCN4CCOCC4)s3)n2)c1.Cc1cc(C)cc(Nc2nccc(-c3ncc(NCCO)s3)n2)c1. The predicted molar refractivity (Wildman–Crippen MR) is 560 cm³/mol. The summed E-state index contributed by atoms with van der Waals surface area (Å²) in [7, 11) is 0. The number of nitrogens with zero attached hydrogens (tertiary/aromatic N) is 18. The van der Waals surface area contributed by atoms with E-state index in [0.29, 0.717) is 42.7 Å². The number of morpholine rings is 1. The van der Waals surface area contributed by atoms with Crippen LogP contribution in [0, 0.1) is 69.2 Å². The maximum Gasteiger partial charge on any atom is 0.227 e. The highest BCUT2D eigenvalue weighted by molar-refractivity contribution is 7.20. The van der Waals surface area contributed by atoms with Gasteiger partial charge in [-0.05, 0) is 248 Å². The summed E-state index contributed by atoms with van der Waals surface area (Å²) in [6, 6.07) is 40.9. The molecule has 0 bridgehead atoms. The lowest BCUT2D eigenvalue weighted by Gasteiger charge is -2.27. The second-order valence-electron chi connectivity index (χ2n) is 33.4. The molecule has 37 heteroatoms. The van der Waals surface area contributed by atoms with Crippen LogP contribution >= 0.6 is 56.7 Å². The fourth-order valence-electron chi connectivity index (χ4n) is 15.4. The van der Waals surface area contributed by atoms with Gasteiger partial charge in [0.1, 0.15) is 78.5 Å². The van der Waals surface area contributed by atoms with E-state index in [1.54, 1.807) is 77.4 Å². The van der Waals surface area contributed by atoms with Gasteiger partial charge in [-0.15, -0.1) is 0 Å². The van der Waals surface area contributed by atoms with Crippen molar-refractivity contribution in [3.63, 3.8) is 0 Å². The summed E-state index contributed by atoms with van der Waals surface area (Å²) in [4.78, 5) is 74.5. The maximum atomic E-state index is 8.86. The van der Waals surface area contributed by atoms with Gasteiger partial charge in [0.15, 0.2) is 0 Å². The number of benzene rings is 5. The first kappa shape index (κ1) is 99.3. The van der Waals surface area contributed by atoms with Gasteiger partial charge in [0, 0.05) is 158 Å². The summed E-state index contributed by atoms with van der Waals surface area (Å²) in [5.41, 5.74) is 21.0. The van der Waals surface area contributed by atoms with E-state index in [9.17, 15) is 0 Å². The molecule has 0 aliphatic carbocycles. The van der Waals surface area contributed by atoms with Crippen molar-refractivity contribution in [2.24, 2.45) is 0 Å². The van der Waals surface area contributed by atoms with Crippen LogP contribution in [0.25, 0.3) is 53.5 Å². The molecule has 10 aromatic heterocycles. The number of hydrogen-bond acceptors (Lipinski definition) is 37. The van der Waals surface area contributed by atoms with Crippen LogP contribution in [0.5, 0.6) is 0 Å². The van der Waals surface area contributed by atoms with E-state index >= 15 is 0 Å². The van der Waals surface area contributed by atoms with Crippen LogP contribution < -0.4 is 58.5 Å². The molecule has 15 aromatic rings. The van der Waals surface area contributed by atoms with E-state index < -0.39 is 0 Å². The number of nitrogens with one attached hydrogen (secondary N) is 11. The fourth-order valence-corrected chi connectivity index (χ4v) is 19.4. The summed E-state index contributed by atoms with van der Waals surface area (Å²) in [5, 5.41) is 63.6. The van der Waals surface area contributed by atoms with Crippen LogP contribution in [0.15, 0.2) is 183 Å². The number of ether oxygens (including phenoxy) is 1. The Bertz CT molecular complexity index is 5800. The van der Waals surface area contributed by atoms with Crippen LogP contribution in [0.1, 0.15) is 81.3 Å². The Balaban J connectivity index is 0.000000136. The second kappa shape index (κ2) is 51.3. The van der Waals surface area contributed by atoms with Gasteiger partial charge in [0.25, 0.3) is 0 Å². The van der Waals surface area contributed by atoms with Crippen LogP contribution in [-0.2, 0) is 4.74 Å². The summed E-state index contributed by atoms with van der Waals surface area (Å²) < 4.78 is 5.39. The van der Waals surface area contributed by atoms with E-state index in [0.717, 1.165) is 205 Å². The molecule has 0 amide bonds. The molecule has 18 rings (SSSR count). The average Bonchev–Trinajstić information content (AvgIpc) is 1.80. The third-order valence-electron chi connectivity index (χ3n) is 21.3. The lowest BCUT2D eigenvalue weighted by Crippen LogP contribution is -2.45. The van der Waals surface area contributed by atoms with Crippen molar-refractivity contribution in [1.29, 1.82) is 0 Å². The molecule has 13 heterocycles. The van der Waals surface area contributed by atoms with E-state index in [2.05, 4.69) is 308 Å². The molecule has 32 nitrogen and oxygen atoms in total. The highest BCUT2D eigenvalue weighted by Crippen LogP contribution is 2.35. The molecule has 0 radical (unpaired) electrons. The maximum absolute atomic E-state index is 8.86. The smallest absolute Gasteiger partial charge is 0.227 e. The lowest BCUT2D eigenvalue weighted by molar-refractivity contribution is 0.0398. The summed E-state index contributed by atoms with van der Waals surface area (Å²) in [6.45, 7) is 38.7. The zero-order chi connectivity index (χ0) is 94.8. The Kier molecular flexibility index (Phi) is 37.5. The summed E-state index contributed by atoms with van der Waals surface area (Å²) >= 11 is 7.89. The number of hydrogen-bond donors (Lipinski definition) is 13. The minimum Gasteiger partial charge on any atom is -0.396 e. The molecule has 710 valence electrons. The zero-order valence-corrected chi connectivity index (χ0v) is 82.8. The van der Waals surface area contributed by atoms with E-state index in [4.69, 9.17) is 14.9 Å². The van der Waals surface area contributed by atoms with Gasteiger partial charge in [-0.2, -0.15) is 0 Å². The van der Waals surface area contributed by atoms with Gasteiger partial charge in [-0.1, -0.05) is 93.4 Å². The quantitative estimate of drug-likeness (QED) is 0.0167. The van der Waals surface area contributed by atoms with Crippen LogP contribution in [0.2, 0.25) is 0 Å². The number of thiazole rings is 5. The summed E-state index contributed by atoms with van der Waals surface area (Å²) in [5.74, 6) is 2.83. The number of aromatic nitrogens is 15. The molecule has 0 spiro atoms. The van der Waals surface area contributed by atoms with Crippen molar-refractivity contribution in [3.8, 4) is 53.5 Å². The molecular weight excluding hydrogens is 1800 g/mol. The molecule has 3 aliphatic heterocycles. The minimum absolute atomic E-state index is 0.0880. The van der Waals surface area contributed by atoms with Gasteiger partial charge in [0.2, 0.25) is 29.7 Å². The Morgan fingerprint density at radius 2 is 0.544 bits per heavy atom. The van der Waals surface area contributed by atoms with Crippen LogP contribution in [-0.4, -0.2) is 231 Å². The standard InChI is InChI=1S/C22H28N6S.C21H27N7S.C21H26N6OS.C18H21N5OS.C17H19N5OS/c1-16-12-17(2)14-18(13-16)26-22-24-7-6-19(27-22)21-25-15-20(29-21)23-8-11-28-9-4-3-5-10-28;1-15-11-16(2)13-17(12-15)26-21-24-4-3-18(27-21)20-25-14-19(29-20)23-7-10-28-8-5-22-6-9-28;1-15-11-16(2)13-17(12-15)25-21-23-4-3-18(26-21)20-24-14-19(29-20)22-5-6-27-7-9-28-10-8-27;1-12-8-13(2)10-14(9-12)22-18-20-6-4-15(23-18)17-21-11-16(25-17)19-5-3-7-24;1-11-7-12(2)9-13(8-11)21-17-19-4-3-14(22-17)16-20-10-15(24-16)18-5-6-23/h6-7,12-15,23H,3-5,8-11H2,1-2H3,(H,24,26,27);3-4,11-14,22-23H,5-10H2,1-2H3,(H,24,26,27);3-4,11-14,22H,5-10H2,1-2H3,(H,23,25,26);4,6,8-11,19,24H,3,5,7H2,1-2H3,(H,20,22,23);3-4,7-10,18,23H,5-6H2,1-2H3,(H,19,21,22). The van der Waals surface area contributed by atoms with Crippen LogP contribution in [0.4, 0.5) is 83.2 Å².